The van der Waals surface area contributed by atoms with Gasteiger partial charge >= 0.3 is 0 Å². The zero-order valence-corrected chi connectivity index (χ0v) is 12.3. The molecule has 0 atom stereocenters. The molecule has 0 saturated carbocycles. The van der Waals surface area contributed by atoms with Crippen LogP contribution < -0.4 is 0 Å². The van der Waals surface area contributed by atoms with Gasteiger partial charge in [0.15, 0.2) is 0 Å². The van der Waals surface area contributed by atoms with Gasteiger partial charge in [-0.2, -0.15) is 0 Å². The smallest absolute Gasteiger partial charge is 0.129 e. The molecule has 0 saturated heterocycles. The van der Waals surface area contributed by atoms with Gasteiger partial charge in [0.2, 0.25) is 0 Å². The molecule has 1 aromatic heterocycles. The van der Waals surface area contributed by atoms with Crippen LogP contribution >= 0.6 is 0 Å². The maximum Gasteiger partial charge on any atom is 0.129 e. The average Bonchev–Trinajstić information content (AvgIpc) is 2.13. The lowest BCUT2D eigenvalue weighted by atomic mass is 10.0. The molecule has 0 aliphatic heterocycles. The highest BCUT2D eigenvalue weighted by Crippen LogP contribution is 2.11. The molecule has 3 heteroatoms. The van der Waals surface area contributed by atoms with Crippen molar-refractivity contribution in [3.63, 3.8) is 0 Å². The van der Waals surface area contributed by atoms with Gasteiger partial charge in [-0.05, 0) is 25.5 Å². The monoisotopic (exact) mass is 247 g/mol. The summed E-state index contributed by atoms with van der Waals surface area (Å²) in [6.07, 6.45) is 2.41. The summed E-state index contributed by atoms with van der Waals surface area (Å²) < 4.78 is 0. The van der Waals surface area contributed by atoms with Gasteiger partial charge in [0, 0.05) is 12.6 Å². The fourth-order valence-corrected chi connectivity index (χ4v) is 1.86. The van der Waals surface area contributed by atoms with Gasteiger partial charge in [0.1, 0.15) is 13.8 Å². The molecular formula is C14H21NOSi. The molecule has 0 amide bonds. The lowest BCUT2D eigenvalue weighted by Gasteiger charge is -2.16. The Morgan fingerprint density at radius 2 is 1.94 bits per heavy atom. The number of nitrogens with zero attached hydrogens (tertiary/aromatic N) is 1. The van der Waals surface area contributed by atoms with E-state index in [1.807, 2.05) is 12.1 Å². The van der Waals surface area contributed by atoms with Gasteiger partial charge < -0.3 is 5.11 Å². The number of aliphatic hydroxyl groups is 1. The van der Waals surface area contributed by atoms with Gasteiger partial charge in [0.05, 0.1) is 5.60 Å². The minimum Gasteiger partial charge on any atom is -0.390 e. The number of pyridine rings is 1. The first-order chi connectivity index (χ1) is 7.66. The van der Waals surface area contributed by atoms with E-state index in [0.29, 0.717) is 6.42 Å². The molecule has 0 bridgehead atoms. The van der Waals surface area contributed by atoms with Gasteiger partial charge in [-0.1, -0.05) is 31.6 Å². The summed E-state index contributed by atoms with van der Waals surface area (Å²) in [5.74, 6) is 3.11. The average molecular weight is 247 g/mol. The normalized spacial score (nSPS) is 11.9. The number of hydrogen-bond acceptors (Lipinski definition) is 2. The topological polar surface area (TPSA) is 33.1 Å². The van der Waals surface area contributed by atoms with Crippen LogP contribution in [0.4, 0.5) is 0 Å². The number of aromatic nitrogens is 1. The summed E-state index contributed by atoms with van der Waals surface area (Å²) in [6, 6.07) is 3.91. The molecule has 92 valence electrons. The molecule has 17 heavy (non-hydrogen) atoms. The first kappa shape index (κ1) is 13.9. The molecule has 2 nitrogen and oxygen atoms in total. The summed E-state index contributed by atoms with van der Waals surface area (Å²) >= 11 is 0. The Hall–Kier alpha value is -1.11. The van der Waals surface area contributed by atoms with Crippen LogP contribution in [0.5, 0.6) is 0 Å². The molecule has 1 rings (SSSR count). The molecule has 0 aliphatic carbocycles. The van der Waals surface area contributed by atoms with E-state index >= 15 is 0 Å². The van der Waals surface area contributed by atoms with Crippen molar-refractivity contribution in [2.75, 3.05) is 0 Å². The Morgan fingerprint density at radius 3 is 2.35 bits per heavy atom. The molecule has 1 aromatic rings. The van der Waals surface area contributed by atoms with Crippen molar-refractivity contribution in [2.45, 2.75) is 45.5 Å². The van der Waals surface area contributed by atoms with Crippen molar-refractivity contribution in [2.24, 2.45) is 0 Å². The van der Waals surface area contributed by atoms with Gasteiger partial charge in [-0.15, -0.1) is 5.54 Å². The van der Waals surface area contributed by atoms with E-state index in [2.05, 4.69) is 36.1 Å². The van der Waals surface area contributed by atoms with Crippen LogP contribution in [0.15, 0.2) is 18.3 Å². The van der Waals surface area contributed by atoms with Crippen LogP contribution in [0.3, 0.4) is 0 Å². The van der Waals surface area contributed by atoms with E-state index < -0.39 is 13.7 Å². The van der Waals surface area contributed by atoms with E-state index in [9.17, 15) is 5.11 Å². The van der Waals surface area contributed by atoms with Crippen molar-refractivity contribution in [3.8, 4) is 11.5 Å². The van der Waals surface area contributed by atoms with E-state index in [0.717, 1.165) is 11.3 Å². The molecule has 0 fully saturated rings. The molecule has 1 heterocycles. The van der Waals surface area contributed by atoms with Gasteiger partial charge in [-0.25, -0.2) is 4.98 Å². The lowest BCUT2D eigenvalue weighted by molar-refractivity contribution is 0.0809. The van der Waals surface area contributed by atoms with Crippen LogP contribution in [-0.2, 0) is 6.42 Å². The molecule has 0 aromatic carbocycles. The number of hydrogen-bond donors (Lipinski definition) is 1. The third-order valence-corrected chi connectivity index (χ3v) is 2.90. The molecule has 1 N–H and O–H groups in total. The van der Waals surface area contributed by atoms with E-state index in [1.165, 1.54) is 0 Å². The van der Waals surface area contributed by atoms with Crippen LogP contribution in [0.2, 0.25) is 19.6 Å². The predicted molar refractivity (Wildman–Crippen MR) is 74.5 cm³/mol. The fraction of sp³-hybridized carbons (Fsp3) is 0.500. The van der Waals surface area contributed by atoms with E-state index in [-0.39, 0.29) is 0 Å². The Bertz CT molecular complexity index is 427. The standard InChI is InChI=1S/C14H21NOSi/c1-14(2,16)10-12-6-7-13(15-11-12)8-9-17(3,4)5/h6-7,11,16H,10H2,1-5H3. The van der Waals surface area contributed by atoms with Crippen molar-refractivity contribution in [1.29, 1.82) is 0 Å². The molecule has 0 unspecified atom stereocenters. The Labute approximate surface area is 105 Å². The minimum atomic E-state index is -1.33. The summed E-state index contributed by atoms with van der Waals surface area (Å²) in [5.41, 5.74) is 4.45. The highest BCUT2D eigenvalue weighted by Gasteiger charge is 2.13. The fourth-order valence-electron chi connectivity index (χ4n) is 1.35. The highest BCUT2D eigenvalue weighted by molar-refractivity contribution is 6.83. The Morgan fingerprint density at radius 1 is 1.29 bits per heavy atom. The molecular weight excluding hydrogens is 226 g/mol. The van der Waals surface area contributed by atoms with Crippen LogP contribution in [-0.4, -0.2) is 23.8 Å². The first-order valence-electron chi connectivity index (χ1n) is 5.86. The highest BCUT2D eigenvalue weighted by atomic mass is 28.3. The summed E-state index contributed by atoms with van der Waals surface area (Å²) in [7, 11) is -1.33. The third kappa shape index (κ3) is 6.25. The minimum absolute atomic E-state index is 0.613. The van der Waals surface area contributed by atoms with Crippen molar-refractivity contribution in [3.05, 3.63) is 29.6 Å². The Balaban J connectivity index is 2.78. The summed E-state index contributed by atoms with van der Waals surface area (Å²) in [4.78, 5) is 4.30. The second-order valence-corrected chi connectivity index (χ2v) is 10.8. The SMILES string of the molecule is CC(C)(O)Cc1ccc(C#C[Si](C)(C)C)nc1. The second kappa shape index (κ2) is 5.03. The van der Waals surface area contributed by atoms with Gasteiger partial charge in [0.25, 0.3) is 0 Å². The van der Waals surface area contributed by atoms with Crippen LogP contribution in [0.1, 0.15) is 25.1 Å². The largest absolute Gasteiger partial charge is 0.390 e. The first-order valence-corrected chi connectivity index (χ1v) is 9.36. The quantitative estimate of drug-likeness (QED) is 0.644. The summed E-state index contributed by atoms with van der Waals surface area (Å²) in [5, 5.41) is 9.70. The maximum absolute atomic E-state index is 9.70. The zero-order valence-electron chi connectivity index (χ0n) is 11.3. The number of rotatable bonds is 2. The molecule has 0 radical (unpaired) electrons. The zero-order chi connectivity index (χ0) is 13.1. The van der Waals surface area contributed by atoms with E-state index in [1.54, 1.807) is 20.0 Å². The maximum atomic E-state index is 9.70. The Kier molecular flexibility index (Phi) is 4.13. The molecule has 0 spiro atoms. The lowest BCUT2D eigenvalue weighted by Crippen LogP contribution is -2.21. The predicted octanol–water partition coefficient (Wildman–Crippen LogP) is 2.62. The van der Waals surface area contributed by atoms with Crippen molar-refractivity contribution < 1.29 is 5.11 Å². The van der Waals surface area contributed by atoms with Gasteiger partial charge in [-0.3, -0.25) is 0 Å². The van der Waals surface area contributed by atoms with Crippen LogP contribution in [0.25, 0.3) is 0 Å². The second-order valence-electron chi connectivity index (χ2n) is 6.04. The van der Waals surface area contributed by atoms with Crippen molar-refractivity contribution in [1.82, 2.24) is 4.98 Å². The summed E-state index contributed by atoms with van der Waals surface area (Å²) in [6.45, 7) is 10.2. The van der Waals surface area contributed by atoms with E-state index in [4.69, 9.17) is 0 Å². The molecule has 0 aliphatic rings. The van der Waals surface area contributed by atoms with Crippen molar-refractivity contribution >= 4 is 8.07 Å². The third-order valence-electron chi connectivity index (χ3n) is 2.03. The van der Waals surface area contributed by atoms with Crippen LogP contribution in [0, 0.1) is 11.5 Å².